The molecule has 5 heteroatoms. The van der Waals surface area contributed by atoms with E-state index in [1.807, 2.05) is 16.7 Å². The van der Waals surface area contributed by atoms with Gasteiger partial charge in [0.1, 0.15) is 6.61 Å². The predicted molar refractivity (Wildman–Crippen MR) is 94.6 cm³/mol. The van der Waals surface area contributed by atoms with Gasteiger partial charge in [-0.15, -0.1) is 0 Å². The summed E-state index contributed by atoms with van der Waals surface area (Å²) in [5, 5.41) is 0. The maximum atomic E-state index is 12.4. The van der Waals surface area contributed by atoms with Crippen LogP contribution in [0.5, 0.6) is 0 Å². The second-order valence-electron chi connectivity index (χ2n) is 7.97. The number of likely N-dealkylation sites (tertiary alicyclic amines) is 2. The standard InChI is InChI=1S/C19H34N2O3/c1-4-12-24-13-18(23)20-10-5-8-19(14-20)9-6-17(22)21(15-19)11-7-16(2)3/h16H,4-15H2,1-3H3/t19-/m1/s1. The van der Waals surface area contributed by atoms with Gasteiger partial charge in [-0.3, -0.25) is 9.59 Å². The maximum absolute atomic E-state index is 12.4. The fourth-order valence-electron chi connectivity index (χ4n) is 3.87. The zero-order valence-corrected chi connectivity index (χ0v) is 15.7. The molecule has 0 N–H and O–H groups in total. The lowest BCUT2D eigenvalue weighted by Gasteiger charge is -2.48. The van der Waals surface area contributed by atoms with Crippen molar-refractivity contribution in [3.8, 4) is 0 Å². The van der Waals surface area contributed by atoms with Crippen molar-refractivity contribution in [2.75, 3.05) is 39.4 Å². The van der Waals surface area contributed by atoms with Crippen molar-refractivity contribution in [1.82, 2.24) is 9.80 Å². The number of carbonyl (C=O) groups is 2. The second-order valence-corrected chi connectivity index (χ2v) is 7.97. The summed E-state index contributed by atoms with van der Waals surface area (Å²) in [5.74, 6) is 1.000. The molecule has 0 aromatic heterocycles. The van der Waals surface area contributed by atoms with E-state index in [2.05, 4.69) is 13.8 Å². The largest absolute Gasteiger partial charge is 0.372 e. The molecule has 2 heterocycles. The van der Waals surface area contributed by atoms with E-state index in [-0.39, 0.29) is 23.8 Å². The molecule has 0 aromatic rings. The van der Waals surface area contributed by atoms with E-state index in [0.29, 0.717) is 18.9 Å². The Balaban J connectivity index is 1.93. The number of nitrogens with zero attached hydrogens (tertiary/aromatic N) is 2. The van der Waals surface area contributed by atoms with E-state index < -0.39 is 0 Å². The molecule has 138 valence electrons. The van der Waals surface area contributed by atoms with E-state index in [1.54, 1.807) is 0 Å². The Morgan fingerprint density at radius 2 is 2.08 bits per heavy atom. The highest BCUT2D eigenvalue weighted by Gasteiger charge is 2.42. The Kier molecular flexibility index (Phi) is 7.08. The highest BCUT2D eigenvalue weighted by Crippen LogP contribution is 2.39. The van der Waals surface area contributed by atoms with Gasteiger partial charge in [0.25, 0.3) is 0 Å². The summed E-state index contributed by atoms with van der Waals surface area (Å²) >= 11 is 0. The Labute approximate surface area is 146 Å². The average molecular weight is 338 g/mol. The number of carbonyl (C=O) groups excluding carboxylic acids is 2. The van der Waals surface area contributed by atoms with Gasteiger partial charge < -0.3 is 14.5 Å². The highest BCUT2D eigenvalue weighted by atomic mass is 16.5. The first-order valence-electron chi connectivity index (χ1n) is 9.59. The van der Waals surface area contributed by atoms with Crippen LogP contribution in [-0.2, 0) is 14.3 Å². The van der Waals surface area contributed by atoms with Crippen molar-refractivity contribution in [2.24, 2.45) is 11.3 Å². The molecule has 1 atom stereocenters. The van der Waals surface area contributed by atoms with Crippen LogP contribution in [-0.4, -0.2) is 61.0 Å². The van der Waals surface area contributed by atoms with Gasteiger partial charge in [0.15, 0.2) is 0 Å². The molecule has 5 nitrogen and oxygen atoms in total. The van der Waals surface area contributed by atoms with Gasteiger partial charge in [-0.05, 0) is 38.0 Å². The molecule has 0 unspecified atom stereocenters. The Morgan fingerprint density at radius 1 is 1.29 bits per heavy atom. The lowest BCUT2D eigenvalue weighted by atomic mass is 9.73. The summed E-state index contributed by atoms with van der Waals surface area (Å²) in [7, 11) is 0. The van der Waals surface area contributed by atoms with Crippen LogP contribution in [0.25, 0.3) is 0 Å². The minimum atomic E-state index is 0.101. The number of hydrogen-bond acceptors (Lipinski definition) is 3. The van der Waals surface area contributed by atoms with Gasteiger partial charge in [-0.1, -0.05) is 20.8 Å². The molecule has 24 heavy (non-hydrogen) atoms. The fraction of sp³-hybridized carbons (Fsp3) is 0.895. The van der Waals surface area contributed by atoms with Gasteiger partial charge in [0, 0.05) is 44.6 Å². The molecule has 2 aliphatic rings. The molecule has 0 aromatic carbocycles. The smallest absolute Gasteiger partial charge is 0.248 e. The first kappa shape index (κ1) is 19.2. The zero-order valence-electron chi connectivity index (χ0n) is 15.7. The highest BCUT2D eigenvalue weighted by molar-refractivity contribution is 5.78. The van der Waals surface area contributed by atoms with Crippen LogP contribution in [0.3, 0.4) is 0 Å². The van der Waals surface area contributed by atoms with Crippen molar-refractivity contribution in [1.29, 1.82) is 0 Å². The molecule has 0 aliphatic carbocycles. The van der Waals surface area contributed by atoms with Gasteiger partial charge in [-0.2, -0.15) is 0 Å². The normalized spacial score (nSPS) is 24.9. The van der Waals surface area contributed by atoms with Crippen LogP contribution in [0, 0.1) is 11.3 Å². The first-order chi connectivity index (χ1) is 11.5. The summed E-state index contributed by atoms with van der Waals surface area (Å²) in [5.41, 5.74) is 0.101. The number of hydrogen-bond donors (Lipinski definition) is 0. The van der Waals surface area contributed by atoms with Crippen LogP contribution in [0.2, 0.25) is 0 Å². The van der Waals surface area contributed by atoms with Crippen LogP contribution in [0.4, 0.5) is 0 Å². The summed E-state index contributed by atoms with van der Waals surface area (Å²) in [6.45, 7) is 10.6. The van der Waals surface area contributed by atoms with Crippen LogP contribution in [0.15, 0.2) is 0 Å². The molecule has 2 saturated heterocycles. The van der Waals surface area contributed by atoms with Crippen LogP contribution >= 0.6 is 0 Å². The van der Waals surface area contributed by atoms with Crippen molar-refractivity contribution in [2.45, 2.75) is 59.3 Å². The lowest BCUT2D eigenvalue weighted by Crippen LogP contribution is -2.55. The van der Waals surface area contributed by atoms with E-state index in [9.17, 15) is 9.59 Å². The third-order valence-electron chi connectivity index (χ3n) is 5.31. The molecular weight excluding hydrogens is 304 g/mol. The van der Waals surface area contributed by atoms with E-state index >= 15 is 0 Å². The maximum Gasteiger partial charge on any atom is 0.248 e. The molecule has 0 radical (unpaired) electrons. The minimum Gasteiger partial charge on any atom is -0.372 e. The van der Waals surface area contributed by atoms with E-state index in [1.165, 1.54) is 0 Å². The van der Waals surface area contributed by atoms with Crippen molar-refractivity contribution < 1.29 is 14.3 Å². The van der Waals surface area contributed by atoms with E-state index in [0.717, 1.165) is 58.3 Å². The quantitative estimate of drug-likeness (QED) is 0.671. The van der Waals surface area contributed by atoms with E-state index in [4.69, 9.17) is 4.74 Å². The van der Waals surface area contributed by atoms with Gasteiger partial charge in [0.2, 0.25) is 11.8 Å². The average Bonchev–Trinajstić information content (AvgIpc) is 2.56. The zero-order chi connectivity index (χ0) is 17.6. The first-order valence-corrected chi connectivity index (χ1v) is 9.59. The third kappa shape index (κ3) is 5.20. The SMILES string of the molecule is CCCOCC(=O)N1CCC[C@@]2(CCC(=O)N(CCC(C)C)C2)C1. The molecule has 2 rings (SSSR count). The number of rotatable bonds is 7. The molecule has 1 spiro atoms. The molecule has 2 amide bonds. The van der Waals surface area contributed by atoms with Crippen molar-refractivity contribution in [3.05, 3.63) is 0 Å². The molecular formula is C19H34N2O3. The van der Waals surface area contributed by atoms with Gasteiger partial charge in [-0.25, -0.2) is 0 Å². The van der Waals surface area contributed by atoms with Crippen LogP contribution < -0.4 is 0 Å². The minimum absolute atomic E-state index is 0.101. The Hall–Kier alpha value is -1.10. The van der Waals surface area contributed by atoms with Crippen molar-refractivity contribution in [3.63, 3.8) is 0 Å². The fourth-order valence-corrected chi connectivity index (χ4v) is 3.87. The number of piperidine rings is 2. The van der Waals surface area contributed by atoms with Gasteiger partial charge in [0.05, 0.1) is 0 Å². The number of ether oxygens (including phenoxy) is 1. The molecule has 0 saturated carbocycles. The summed E-state index contributed by atoms with van der Waals surface area (Å²) in [6.07, 6.45) is 5.69. The van der Waals surface area contributed by atoms with Crippen molar-refractivity contribution >= 4 is 11.8 Å². The second kappa shape index (κ2) is 8.84. The molecule has 2 aliphatic heterocycles. The predicted octanol–water partition coefficient (Wildman–Crippen LogP) is 2.69. The number of amides is 2. The molecule has 0 bridgehead atoms. The topological polar surface area (TPSA) is 49.9 Å². The Bertz CT molecular complexity index is 438. The third-order valence-corrected chi connectivity index (χ3v) is 5.31. The summed E-state index contributed by atoms with van der Waals surface area (Å²) in [6, 6.07) is 0. The monoisotopic (exact) mass is 338 g/mol. The Morgan fingerprint density at radius 3 is 2.79 bits per heavy atom. The summed E-state index contributed by atoms with van der Waals surface area (Å²) < 4.78 is 5.42. The summed E-state index contributed by atoms with van der Waals surface area (Å²) in [4.78, 5) is 28.6. The lowest BCUT2D eigenvalue weighted by molar-refractivity contribution is -0.145. The molecule has 2 fully saturated rings. The van der Waals surface area contributed by atoms with Gasteiger partial charge >= 0.3 is 0 Å². The van der Waals surface area contributed by atoms with Crippen LogP contribution in [0.1, 0.15) is 59.3 Å².